The molecule has 0 radical (unpaired) electrons. The average molecular weight is 470 g/mol. The molecule has 2 fully saturated rings. The van der Waals surface area contributed by atoms with E-state index in [4.69, 9.17) is 4.74 Å². The summed E-state index contributed by atoms with van der Waals surface area (Å²) in [6, 6.07) is 4.40. The standard InChI is InChI=1S/C21H26F3N5O2S/c22-21(23,24)15-6-8-16(9-7-15)25-18(30)14-32-20-27-26-19(28-10-2-1-3-11-28)29(20)13-17-5-4-12-31-17/h6-9,17H,1-5,10-14H2,(H,25,30)/t17-/m0/s1. The second kappa shape index (κ2) is 10.1. The minimum absolute atomic E-state index is 0.0741. The van der Waals surface area contributed by atoms with Crippen LogP contribution in [0.25, 0.3) is 0 Å². The van der Waals surface area contributed by atoms with Crippen molar-refractivity contribution >= 4 is 29.3 Å². The summed E-state index contributed by atoms with van der Waals surface area (Å²) in [5.74, 6) is 0.566. The molecule has 0 aliphatic carbocycles. The number of anilines is 2. The van der Waals surface area contributed by atoms with Gasteiger partial charge < -0.3 is 15.0 Å². The van der Waals surface area contributed by atoms with Crippen LogP contribution in [0.2, 0.25) is 0 Å². The van der Waals surface area contributed by atoms with Crippen LogP contribution in [0, 0.1) is 0 Å². The van der Waals surface area contributed by atoms with Gasteiger partial charge in [-0.2, -0.15) is 13.2 Å². The molecule has 1 N–H and O–H groups in total. The van der Waals surface area contributed by atoms with Gasteiger partial charge in [0, 0.05) is 25.4 Å². The van der Waals surface area contributed by atoms with Crippen molar-refractivity contribution in [2.45, 2.75) is 56.1 Å². The van der Waals surface area contributed by atoms with E-state index in [1.807, 2.05) is 4.57 Å². The first kappa shape index (κ1) is 22.9. The van der Waals surface area contributed by atoms with E-state index in [1.54, 1.807) is 0 Å². The van der Waals surface area contributed by atoms with E-state index in [0.717, 1.165) is 63.5 Å². The first-order chi connectivity index (χ1) is 15.4. The van der Waals surface area contributed by atoms with Gasteiger partial charge in [-0.05, 0) is 56.4 Å². The van der Waals surface area contributed by atoms with E-state index in [1.165, 1.54) is 30.3 Å². The normalized spacial score (nSPS) is 19.3. The van der Waals surface area contributed by atoms with Crippen LogP contribution in [0.5, 0.6) is 0 Å². The summed E-state index contributed by atoms with van der Waals surface area (Å²) in [6.45, 7) is 3.26. The van der Waals surface area contributed by atoms with Gasteiger partial charge in [-0.1, -0.05) is 11.8 Å². The molecule has 0 unspecified atom stereocenters. The third-order valence-corrected chi connectivity index (χ3v) is 6.54. The molecule has 11 heteroatoms. The zero-order valence-corrected chi connectivity index (χ0v) is 18.4. The minimum Gasteiger partial charge on any atom is -0.376 e. The average Bonchev–Trinajstić information content (AvgIpc) is 3.43. The van der Waals surface area contributed by atoms with Gasteiger partial charge in [0.2, 0.25) is 11.9 Å². The molecular formula is C21H26F3N5O2S. The highest BCUT2D eigenvalue weighted by Gasteiger charge is 2.30. The predicted octanol–water partition coefficient (Wildman–Crippen LogP) is 4.20. The Hall–Kier alpha value is -2.27. The third-order valence-electron chi connectivity index (χ3n) is 5.57. The molecule has 174 valence electrons. The lowest BCUT2D eigenvalue weighted by molar-refractivity contribution is -0.137. The molecule has 2 aliphatic heterocycles. The first-order valence-electron chi connectivity index (χ1n) is 10.8. The molecule has 2 aliphatic rings. The van der Waals surface area contributed by atoms with E-state index in [-0.39, 0.29) is 17.8 Å². The number of piperidine rings is 1. The van der Waals surface area contributed by atoms with Crippen molar-refractivity contribution in [1.82, 2.24) is 14.8 Å². The van der Waals surface area contributed by atoms with Crippen LogP contribution in [0.1, 0.15) is 37.7 Å². The number of benzene rings is 1. The van der Waals surface area contributed by atoms with Gasteiger partial charge in [0.15, 0.2) is 5.16 Å². The molecule has 0 bridgehead atoms. The number of carbonyl (C=O) groups excluding carboxylic acids is 1. The lowest BCUT2D eigenvalue weighted by Gasteiger charge is -2.28. The van der Waals surface area contributed by atoms with E-state index < -0.39 is 11.7 Å². The Morgan fingerprint density at radius 2 is 1.88 bits per heavy atom. The second-order valence-electron chi connectivity index (χ2n) is 7.99. The maximum absolute atomic E-state index is 12.7. The van der Waals surface area contributed by atoms with Crippen molar-refractivity contribution in [3.05, 3.63) is 29.8 Å². The molecule has 2 aromatic rings. The van der Waals surface area contributed by atoms with Crippen LogP contribution in [-0.4, -0.2) is 52.2 Å². The number of alkyl halides is 3. The molecule has 1 atom stereocenters. The number of hydrogen-bond donors (Lipinski definition) is 1. The molecule has 1 aromatic carbocycles. The van der Waals surface area contributed by atoms with Gasteiger partial charge in [-0.3, -0.25) is 9.36 Å². The Bertz CT molecular complexity index is 907. The highest BCUT2D eigenvalue weighted by atomic mass is 32.2. The minimum atomic E-state index is -4.41. The summed E-state index contributed by atoms with van der Waals surface area (Å²) in [5, 5.41) is 12.0. The van der Waals surface area contributed by atoms with Crippen LogP contribution < -0.4 is 10.2 Å². The molecule has 1 aromatic heterocycles. The fraction of sp³-hybridized carbons (Fsp3) is 0.571. The van der Waals surface area contributed by atoms with E-state index in [0.29, 0.717) is 17.4 Å². The fourth-order valence-electron chi connectivity index (χ4n) is 3.94. The Morgan fingerprint density at radius 3 is 2.53 bits per heavy atom. The number of ether oxygens (including phenoxy) is 1. The largest absolute Gasteiger partial charge is 0.416 e. The number of halogens is 3. The summed E-state index contributed by atoms with van der Waals surface area (Å²) in [4.78, 5) is 14.6. The monoisotopic (exact) mass is 469 g/mol. The first-order valence-corrected chi connectivity index (χ1v) is 11.8. The Balaban J connectivity index is 1.40. The summed E-state index contributed by atoms with van der Waals surface area (Å²) in [7, 11) is 0. The van der Waals surface area contributed by atoms with Gasteiger partial charge in [0.05, 0.1) is 24.0 Å². The maximum Gasteiger partial charge on any atom is 0.416 e. The number of hydrogen-bond acceptors (Lipinski definition) is 6. The van der Waals surface area contributed by atoms with Crippen molar-refractivity contribution in [3.63, 3.8) is 0 Å². The van der Waals surface area contributed by atoms with Gasteiger partial charge in [-0.25, -0.2) is 0 Å². The molecular weight excluding hydrogens is 443 g/mol. The molecule has 7 nitrogen and oxygen atoms in total. The lowest BCUT2D eigenvalue weighted by Crippen LogP contribution is -2.33. The number of nitrogens with one attached hydrogen (secondary N) is 1. The Kier molecular flexibility index (Phi) is 7.24. The smallest absolute Gasteiger partial charge is 0.376 e. The van der Waals surface area contributed by atoms with Crippen LogP contribution in [0.4, 0.5) is 24.8 Å². The van der Waals surface area contributed by atoms with Crippen LogP contribution in [0.15, 0.2) is 29.4 Å². The number of thioether (sulfide) groups is 1. The van der Waals surface area contributed by atoms with Crippen molar-refractivity contribution in [2.75, 3.05) is 35.7 Å². The van der Waals surface area contributed by atoms with E-state index in [2.05, 4.69) is 20.4 Å². The molecule has 3 heterocycles. The van der Waals surface area contributed by atoms with Crippen LogP contribution in [-0.2, 0) is 22.3 Å². The molecule has 0 saturated carbocycles. The number of carbonyl (C=O) groups is 1. The third kappa shape index (κ3) is 5.74. The Morgan fingerprint density at radius 1 is 1.12 bits per heavy atom. The number of aromatic nitrogens is 3. The highest BCUT2D eigenvalue weighted by molar-refractivity contribution is 7.99. The summed E-state index contributed by atoms with van der Waals surface area (Å²) in [5.41, 5.74) is -0.434. The predicted molar refractivity (Wildman–Crippen MR) is 116 cm³/mol. The Labute approximate surface area is 188 Å². The zero-order valence-electron chi connectivity index (χ0n) is 17.6. The molecule has 0 spiro atoms. The number of amides is 1. The van der Waals surface area contributed by atoms with Crippen molar-refractivity contribution in [2.24, 2.45) is 0 Å². The molecule has 1 amide bonds. The number of nitrogens with zero attached hydrogens (tertiary/aromatic N) is 4. The van der Waals surface area contributed by atoms with Crippen molar-refractivity contribution in [3.8, 4) is 0 Å². The highest BCUT2D eigenvalue weighted by Crippen LogP contribution is 2.30. The number of rotatable bonds is 7. The van der Waals surface area contributed by atoms with Crippen molar-refractivity contribution < 1.29 is 22.7 Å². The lowest BCUT2D eigenvalue weighted by atomic mass is 10.1. The van der Waals surface area contributed by atoms with Gasteiger partial charge >= 0.3 is 6.18 Å². The van der Waals surface area contributed by atoms with E-state index >= 15 is 0 Å². The summed E-state index contributed by atoms with van der Waals surface area (Å²) >= 11 is 1.27. The topological polar surface area (TPSA) is 72.3 Å². The van der Waals surface area contributed by atoms with Crippen molar-refractivity contribution in [1.29, 1.82) is 0 Å². The zero-order chi connectivity index (χ0) is 22.6. The van der Waals surface area contributed by atoms with Crippen LogP contribution >= 0.6 is 11.8 Å². The van der Waals surface area contributed by atoms with Gasteiger partial charge in [0.25, 0.3) is 0 Å². The second-order valence-corrected chi connectivity index (χ2v) is 8.93. The molecule has 4 rings (SSSR count). The van der Waals surface area contributed by atoms with Crippen LogP contribution in [0.3, 0.4) is 0 Å². The SMILES string of the molecule is O=C(CSc1nnc(N2CCCCC2)n1C[C@@H]1CCCO1)Nc1ccc(C(F)(F)F)cc1. The van der Waals surface area contributed by atoms with E-state index in [9.17, 15) is 18.0 Å². The summed E-state index contributed by atoms with van der Waals surface area (Å²) in [6.07, 6.45) is 1.16. The van der Waals surface area contributed by atoms with Gasteiger partial charge in [0.1, 0.15) is 0 Å². The maximum atomic E-state index is 12.7. The quantitative estimate of drug-likeness (QED) is 0.613. The molecule has 2 saturated heterocycles. The van der Waals surface area contributed by atoms with Gasteiger partial charge in [-0.15, -0.1) is 10.2 Å². The fourth-order valence-corrected chi connectivity index (χ4v) is 4.68. The molecule has 32 heavy (non-hydrogen) atoms. The summed E-state index contributed by atoms with van der Waals surface area (Å²) < 4.78 is 45.9.